The minimum Gasteiger partial charge on any atom is -0.489 e. The molecule has 0 saturated carbocycles. The largest absolute Gasteiger partial charge is 0.489 e. The Kier molecular flexibility index (Phi) is 5.43. The third-order valence-electron chi connectivity index (χ3n) is 2.71. The van der Waals surface area contributed by atoms with Crippen molar-refractivity contribution in [3.63, 3.8) is 0 Å². The molecule has 0 heterocycles. The fourth-order valence-corrected chi connectivity index (χ4v) is 2.52. The molecule has 0 aliphatic rings. The van der Waals surface area contributed by atoms with Crippen LogP contribution in [0, 0.1) is 0 Å². The Morgan fingerprint density at radius 2 is 1.79 bits per heavy atom. The molecule has 1 N–H and O–H groups in total. The Labute approximate surface area is 130 Å². The summed E-state index contributed by atoms with van der Waals surface area (Å²) >= 11 is 6.99. The van der Waals surface area contributed by atoms with Crippen LogP contribution in [-0.4, -0.2) is 7.05 Å². The van der Waals surface area contributed by atoms with Crippen LogP contribution in [0.2, 0.25) is 0 Å². The summed E-state index contributed by atoms with van der Waals surface area (Å²) in [6.45, 7) is 1.43. The van der Waals surface area contributed by atoms with Crippen molar-refractivity contribution in [1.29, 1.82) is 0 Å². The molecule has 0 fully saturated rings. The standard InChI is InChI=1S/C15H15Br2NO/c1-18-9-11-2-3-12(15(17)8-11)10-19-14-6-4-13(16)5-7-14/h2-8,18H,9-10H2,1H3. The van der Waals surface area contributed by atoms with Gasteiger partial charge in [-0.15, -0.1) is 0 Å². The van der Waals surface area contributed by atoms with Gasteiger partial charge in [0.25, 0.3) is 0 Å². The third-order valence-corrected chi connectivity index (χ3v) is 3.97. The van der Waals surface area contributed by atoms with Crippen molar-refractivity contribution in [2.24, 2.45) is 0 Å². The van der Waals surface area contributed by atoms with E-state index in [1.54, 1.807) is 0 Å². The van der Waals surface area contributed by atoms with Gasteiger partial charge in [0.1, 0.15) is 12.4 Å². The average Bonchev–Trinajstić information content (AvgIpc) is 2.40. The minimum absolute atomic E-state index is 0.558. The molecule has 4 heteroatoms. The number of nitrogens with one attached hydrogen (secondary N) is 1. The van der Waals surface area contributed by atoms with Gasteiger partial charge in [0.2, 0.25) is 0 Å². The van der Waals surface area contributed by atoms with Crippen molar-refractivity contribution in [3.8, 4) is 5.75 Å². The average molecular weight is 385 g/mol. The summed E-state index contributed by atoms with van der Waals surface area (Å²) in [6.07, 6.45) is 0. The molecular formula is C15H15Br2NO. The first kappa shape index (κ1) is 14.6. The van der Waals surface area contributed by atoms with E-state index in [1.165, 1.54) is 5.56 Å². The molecule has 0 aliphatic carbocycles. The molecule has 100 valence electrons. The SMILES string of the molecule is CNCc1ccc(COc2ccc(Br)cc2)c(Br)c1. The van der Waals surface area contributed by atoms with Crippen molar-refractivity contribution in [1.82, 2.24) is 5.32 Å². The van der Waals surface area contributed by atoms with Crippen LogP contribution in [0.25, 0.3) is 0 Å². The number of ether oxygens (including phenoxy) is 1. The Bertz CT molecular complexity index is 540. The van der Waals surface area contributed by atoms with Crippen LogP contribution in [0.4, 0.5) is 0 Å². The Balaban J connectivity index is 2.01. The maximum Gasteiger partial charge on any atom is 0.119 e. The summed E-state index contributed by atoms with van der Waals surface area (Å²) in [5.41, 5.74) is 2.39. The van der Waals surface area contributed by atoms with Gasteiger partial charge in [0.15, 0.2) is 0 Å². The molecule has 0 aromatic heterocycles. The van der Waals surface area contributed by atoms with Gasteiger partial charge in [0.05, 0.1) is 0 Å². The highest BCUT2D eigenvalue weighted by Gasteiger charge is 2.03. The fourth-order valence-electron chi connectivity index (χ4n) is 1.71. The molecule has 0 radical (unpaired) electrons. The lowest BCUT2D eigenvalue weighted by Gasteiger charge is -2.09. The van der Waals surface area contributed by atoms with Crippen molar-refractivity contribution in [3.05, 3.63) is 62.5 Å². The molecule has 2 aromatic carbocycles. The van der Waals surface area contributed by atoms with Crippen LogP contribution in [0.1, 0.15) is 11.1 Å². The molecule has 0 amide bonds. The van der Waals surface area contributed by atoms with E-state index in [9.17, 15) is 0 Å². The van der Waals surface area contributed by atoms with E-state index >= 15 is 0 Å². The molecular weight excluding hydrogens is 370 g/mol. The normalized spacial score (nSPS) is 10.5. The number of hydrogen-bond donors (Lipinski definition) is 1. The lowest BCUT2D eigenvalue weighted by Crippen LogP contribution is -2.05. The molecule has 0 bridgehead atoms. The second-order valence-electron chi connectivity index (χ2n) is 4.20. The molecule has 2 nitrogen and oxygen atoms in total. The zero-order valence-electron chi connectivity index (χ0n) is 10.6. The van der Waals surface area contributed by atoms with E-state index in [1.807, 2.05) is 31.3 Å². The van der Waals surface area contributed by atoms with Gasteiger partial charge in [-0.2, -0.15) is 0 Å². The summed E-state index contributed by atoms with van der Waals surface area (Å²) in [6, 6.07) is 14.2. The lowest BCUT2D eigenvalue weighted by molar-refractivity contribution is 0.305. The van der Waals surface area contributed by atoms with Crippen molar-refractivity contribution < 1.29 is 4.74 Å². The summed E-state index contributed by atoms with van der Waals surface area (Å²) in [7, 11) is 1.94. The number of hydrogen-bond acceptors (Lipinski definition) is 2. The molecule has 0 aliphatic heterocycles. The zero-order chi connectivity index (χ0) is 13.7. The van der Waals surface area contributed by atoms with Gasteiger partial charge in [-0.05, 0) is 42.9 Å². The lowest BCUT2D eigenvalue weighted by atomic mass is 10.1. The molecule has 19 heavy (non-hydrogen) atoms. The first-order valence-electron chi connectivity index (χ1n) is 5.99. The highest BCUT2D eigenvalue weighted by Crippen LogP contribution is 2.22. The third kappa shape index (κ3) is 4.34. The predicted octanol–water partition coefficient (Wildman–Crippen LogP) is 4.51. The van der Waals surface area contributed by atoms with Crippen LogP contribution in [-0.2, 0) is 13.2 Å². The summed E-state index contributed by atoms with van der Waals surface area (Å²) in [5, 5.41) is 3.14. The molecule has 0 atom stereocenters. The number of rotatable bonds is 5. The van der Waals surface area contributed by atoms with Gasteiger partial charge in [0, 0.05) is 21.1 Å². The Hall–Kier alpha value is -0.840. The van der Waals surface area contributed by atoms with Crippen LogP contribution >= 0.6 is 31.9 Å². The second kappa shape index (κ2) is 7.08. The topological polar surface area (TPSA) is 21.3 Å². The van der Waals surface area contributed by atoms with Crippen molar-refractivity contribution in [2.45, 2.75) is 13.2 Å². The zero-order valence-corrected chi connectivity index (χ0v) is 13.8. The predicted molar refractivity (Wildman–Crippen MR) is 85.4 cm³/mol. The fraction of sp³-hybridized carbons (Fsp3) is 0.200. The van der Waals surface area contributed by atoms with Crippen LogP contribution in [0.15, 0.2) is 51.4 Å². The van der Waals surface area contributed by atoms with E-state index in [2.05, 4.69) is 55.4 Å². The van der Waals surface area contributed by atoms with Gasteiger partial charge < -0.3 is 10.1 Å². The molecule has 0 unspecified atom stereocenters. The highest BCUT2D eigenvalue weighted by atomic mass is 79.9. The smallest absolute Gasteiger partial charge is 0.119 e. The van der Waals surface area contributed by atoms with E-state index < -0.39 is 0 Å². The second-order valence-corrected chi connectivity index (χ2v) is 5.97. The highest BCUT2D eigenvalue weighted by molar-refractivity contribution is 9.10. The van der Waals surface area contributed by atoms with Crippen molar-refractivity contribution >= 4 is 31.9 Å². The summed E-state index contributed by atoms with van der Waals surface area (Å²) in [5.74, 6) is 0.870. The maximum absolute atomic E-state index is 5.76. The van der Waals surface area contributed by atoms with Gasteiger partial charge in [-0.3, -0.25) is 0 Å². The first-order chi connectivity index (χ1) is 9.19. The molecule has 2 rings (SSSR count). The van der Waals surface area contributed by atoms with Crippen molar-refractivity contribution in [2.75, 3.05) is 7.05 Å². The van der Waals surface area contributed by atoms with E-state index in [0.29, 0.717) is 6.61 Å². The van der Waals surface area contributed by atoms with Gasteiger partial charge in [-0.25, -0.2) is 0 Å². The molecule has 0 spiro atoms. The summed E-state index contributed by atoms with van der Waals surface area (Å²) in [4.78, 5) is 0. The van der Waals surface area contributed by atoms with Gasteiger partial charge in [-0.1, -0.05) is 44.0 Å². The van der Waals surface area contributed by atoms with Gasteiger partial charge >= 0.3 is 0 Å². The summed E-state index contributed by atoms with van der Waals surface area (Å²) < 4.78 is 7.90. The van der Waals surface area contributed by atoms with Crippen LogP contribution < -0.4 is 10.1 Å². The Morgan fingerprint density at radius 3 is 2.42 bits per heavy atom. The van der Waals surface area contributed by atoms with E-state index in [0.717, 1.165) is 26.8 Å². The maximum atomic E-state index is 5.76. The number of halogens is 2. The Morgan fingerprint density at radius 1 is 1.05 bits per heavy atom. The molecule has 2 aromatic rings. The van der Waals surface area contributed by atoms with E-state index in [4.69, 9.17) is 4.74 Å². The first-order valence-corrected chi connectivity index (χ1v) is 7.58. The molecule has 0 saturated heterocycles. The van der Waals surface area contributed by atoms with Crippen LogP contribution in [0.5, 0.6) is 5.75 Å². The monoisotopic (exact) mass is 383 g/mol. The number of benzene rings is 2. The van der Waals surface area contributed by atoms with E-state index in [-0.39, 0.29) is 0 Å². The van der Waals surface area contributed by atoms with Crippen LogP contribution in [0.3, 0.4) is 0 Å². The quantitative estimate of drug-likeness (QED) is 0.818. The minimum atomic E-state index is 0.558.